The van der Waals surface area contributed by atoms with Crippen LogP contribution < -0.4 is 0 Å². The number of ketones is 1. The maximum absolute atomic E-state index is 11.3. The Hall–Kier alpha value is -0.860. The van der Waals surface area contributed by atoms with Gasteiger partial charge in [0.1, 0.15) is 6.61 Å². The van der Waals surface area contributed by atoms with Crippen LogP contribution in [0.1, 0.15) is 12.5 Å². The average molecular weight is 213 g/mol. The molecule has 0 aliphatic carbocycles. The summed E-state index contributed by atoms with van der Waals surface area (Å²) in [6.07, 6.45) is 0.347. The van der Waals surface area contributed by atoms with E-state index >= 15 is 0 Å². The first-order valence-corrected chi connectivity index (χ1v) is 4.94. The third-order valence-corrected chi connectivity index (χ3v) is 2.18. The quantitative estimate of drug-likeness (QED) is 0.750. The summed E-state index contributed by atoms with van der Waals surface area (Å²) < 4.78 is 5.01. The predicted octanol–water partition coefficient (Wildman–Crippen LogP) is 2.49. The minimum absolute atomic E-state index is 0.0555. The molecule has 0 aromatic heterocycles. The van der Waals surface area contributed by atoms with Gasteiger partial charge in [0.2, 0.25) is 0 Å². The van der Waals surface area contributed by atoms with Crippen LogP contribution in [0, 0.1) is 0 Å². The molecular weight excluding hydrogens is 200 g/mol. The number of carbonyl (C=O) groups is 1. The van der Waals surface area contributed by atoms with Crippen molar-refractivity contribution in [3.05, 3.63) is 34.9 Å². The van der Waals surface area contributed by atoms with Crippen LogP contribution >= 0.6 is 11.6 Å². The van der Waals surface area contributed by atoms with Crippen LogP contribution in [-0.2, 0) is 16.0 Å². The Morgan fingerprint density at radius 1 is 1.43 bits per heavy atom. The van der Waals surface area contributed by atoms with E-state index in [0.717, 1.165) is 5.56 Å². The molecule has 0 spiro atoms. The molecule has 76 valence electrons. The molecule has 0 saturated heterocycles. The lowest BCUT2D eigenvalue weighted by Gasteiger charge is -2.03. The van der Waals surface area contributed by atoms with Crippen LogP contribution in [0.5, 0.6) is 0 Å². The third kappa shape index (κ3) is 3.48. The maximum atomic E-state index is 11.3. The molecular formula is C11H13ClO2. The highest BCUT2D eigenvalue weighted by Crippen LogP contribution is 2.15. The summed E-state index contributed by atoms with van der Waals surface area (Å²) >= 11 is 5.91. The van der Waals surface area contributed by atoms with Crippen LogP contribution in [0.15, 0.2) is 24.3 Å². The number of hydrogen-bond acceptors (Lipinski definition) is 2. The first-order chi connectivity index (χ1) is 6.74. The van der Waals surface area contributed by atoms with Gasteiger partial charge in [-0.3, -0.25) is 4.79 Å². The van der Waals surface area contributed by atoms with Gasteiger partial charge in [-0.1, -0.05) is 29.8 Å². The predicted molar refractivity (Wildman–Crippen MR) is 56.7 cm³/mol. The van der Waals surface area contributed by atoms with Crippen molar-refractivity contribution in [2.75, 3.05) is 13.2 Å². The van der Waals surface area contributed by atoms with Gasteiger partial charge in [0.05, 0.1) is 0 Å². The fraction of sp³-hybridized carbons (Fsp3) is 0.364. The molecule has 0 atom stereocenters. The lowest BCUT2D eigenvalue weighted by atomic mass is 10.1. The number of halogens is 1. The zero-order valence-corrected chi connectivity index (χ0v) is 8.88. The van der Waals surface area contributed by atoms with Crippen molar-refractivity contribution in [3.8, 4) is 0 Å². The molecule has 0 bridgehead atoms. The number of carbonyl (C=O) groups excluding carboxylic acids is 1. The Labute approximate surface area is 88.8 Å². The van der Waals surface area contributed by atoms with E-state index in [1.54, 1.807) is 6.07 Å². The lowest BCUT2D eigenvalue weighted by molar-refractivity contribution is -0.122. The largest absolute Gasteiger partial charge is 0.374 e. The molecule has 1 rings (SSSR count). The van der Waals surface area contributed by atoms with E-state index in [0.29, 0.717) is 18.1 Å². The molecule has 0 radical (unpaired) electrons. The highest BCUT2D eigenvalue weighted by Gasteiger charge is 2.05. The molecule has 1 aromatic rings. The second kappa shape index (κ2) is 5.78. The summed E-state index contributed by atoms with van der Waals surface area (Å²) in [5.74, 6) is 0.0555. The number of ether oxygens (including phenoxy) is 1. The van der Waals surface area contributed by atoms with E-state index < -0.39 is 0 Å². The highest BCUT2D eigenvalue weighted by atomic mass is 35.5. The molecule has 0 amide bonds. The van der Waals surface area contributed by atoms with Gasteiger partial charge in [-0.25, -0.2) is 0 Å². The summed E-state index contributed by atoms with van der Waals surface area (Å²) in [5.41, 5.74) is 0.860. The summed E-state index contributed by atoms with van der Waals surface area (Å²) in [4.78, 5) is 11.3. The molecule has 2 nitrogen and oxygen atoms in total. The minimum Gasteiger partial charge on any atom is -0.374 e. The van der Waals surface area contributed by atoms with E-state index in [1.165, 1.54) is 0 Å². The van der Waals surface area contributed by atoms with Crippen molar-refractivity contribution in [2.45, 2.75) is 13.3 Å². The molecule has 0 fully saturated rings. The van der Waals surface area contributed by atoms with E-state index in [2.05, 4.69) is 0 Å². The third-order valence-electron chi connectivity index (χ3n) is 1.81. The van der Waals surface area contributed by atoms with Gasteiger partial charge in [0.15, 0.2) is 5.78 Å². The molecule has 0 heterocycles. The summed E-state index contributed by atoms with van der Waals surface area (Å²) in [6, 6.07) is 7.35. The molecule has 0 aliphatic rings. The summed E-state index contributed by atoms with van der Waals surface area (Å²) in [5, 5.41) is 0.636. The number of hydrogen-bond donors (Lipinski definition) is 0. The van der Waals surface area contributed by atoms with E-state index in [1.807, 2.05) is 25.1 Å². The van der Waals surface area contributed by atoms with Crippen molar-refractivity contribution >= 4 is 17.4 Å². The summed E-state index contributed by atoms with van der Waals surface area (Å²) in [7, 11) is 0. The molecule has 3 heteroatoms. The molecule has 0 aliphatic heterocycles. The molecule has 0 unspecified atom stereocenters. The van der Waals surface area contributed by atoms with Crippen molar-refractivity contribution < 1.29 is 9.53 Å². The Morgan fingerprint density at radius 3 is 2.79 bits per heavy atom. The Bertz CT molecular complexity index is 310. The monoisotopic (exact) mass is 212 g/mol. The highest BCUT2D eigenvalue weighted by molar-refractivity contribution is 6.31. The number of benzene rings is 1. The second-order valence-electron chi connectivity index (χ2n) is 2.94. The standard InChI is InChI=1S/C11H13ClO2/c1-2-14-8-10(13)7-9-5-3-4-6-11(9)12/h3-6H,2,7-8H2,1H3. The zero-order valence-electron chi connectivity index (χ0n) is 8.13. The Balaban J connectivity index is 2.52. The zero-order chi connectivity index (χ0) is 10.4. The van der Waals surface area contributed by atoms with Crippen LogP contribution in [0.4, 0.5) is 0 Å². The topological polar surface area (TPSA) is 26.3 Å². The van der Waals surface area contributed by atoms with Gasteiger partial charge in [-0.05, 0) is 18.6 Å². The van der Waals surface area contributed by atoms with Gasteiger partial charge in [-0.15, -0.1) is 0 Å². The van der Waals surface area contributed by atoms with E-state index in [4.69, 9.17) is 16.3 Å². The minimum atomic E-state index is 0.0555. The second-order valence-corrected chi connectivity index (χ2v) is 3.35. The lowest BCUT2D eigenvalue weighted by Crippen LogP contribution is -2.11. The fourth-order valence-electron chi connectivity index (χ4n) is 1.12. The molecule has 0 N–H and O–H groups in total. The normalized spacial score (nSPS) is 10.1. The fourth-order valence-corrected chi connectivity index (χ4v) is 1.32. The molecule has 1 aromatic carbocycles. The van der Waals surface area contributed by atoms with Crippen molar-refractivity contribution in [2.24, 2.45) is 0 Å². The van der Waals surface area contributed by atoms with Crippen LogP contribution in [0.25, 0.3) is 0 Å². The molecule has 14 heavy (non-hydrogen) atoms. The first kappa shape index (κ1) is 11.2. The van der Waals surface area contributed by atoms with Gasteiger partial charge < -0.3 is 4.74 Å². The van der Waals surface area contributed by atoms with E-state index in [-0.39, 0.29) is 12.4 Å². The number of rotatable bonds is 5. The number of Topliss-reactive ketones (excluding diaryl/α,β-unsaturated/α-hetero) is 1. The first-order valence-electron chi connectivity index (χ1n) is 4.57. The van der Waals surface area contributed by atoms with E-state index in [9.17, 15) is 4.79 Å². The Kier molecular flexibility index (Phi) is 4.63. The summed E-state index contributed by atoms with van der Waals surface area (Å²) in [6.45, 7) is 2.60. The van der Waals surface area contributed by atoms with Gasteiger partial charge in [0.25, 0.3) is 0 Å². The SMILES string of the molecule is CCOCC(=O)Cc1ccccc1Cl. The smallest absolute Gasteiger partial charge is 0.162 e. The van der Waals surface area contributed by atoms with Gasteiger partial charge in [-0.2, -0.15) is 0 Å². The maximum Gasteiger partial charge on any atom is 0.162 e. The van der Waals surface area contributed by atoms with Crippen molar-refractivity contribution in [1.29, 1.82) is 0 Å². The van der Waals surface area contributed by atoms with Crippen molar-refractivity contribution in [1.82, 2.24) is 0 Å². The van der Waals surface area contributed by atoms with Crippen molar-refractivity contribution in [3.63, 3.8) is 0 Å². The average Bonchev–Trinajstić information content (AvgIpc) is 2.18. The van der Waals surface area contributed by atoms with Gasteiger partial charge in [0, 0.05) is 18.1 Å². The van der Waals surface area contributed by atoms with Crippen LogP contribution in [0.3, 0.4) is 0 Å². The Morgan fingerprint density at radius 2 is 2.14 bits per heavy atom. The molecule has 0 saturated carbocycles. The van der Waals surface area contributed by atoms with Crippen LogP contribution in [-0.4, -0.2) is 19.0 Å². The van der Waals surface area contributed by atoms with Crippen LogP contribution in [0.2, 0.25) is 5.02 Å². The van der Waals surface area contributed by atoms with Gasteiger partial charge >= 0.3 is 0 Å².